The van der Waals surface area contributed by atoms with Crippen LogP contribution >= 0.6 is 11.3 Å². The summed E-state index contributed by atoms with van der Waals surface area (Å²) in [6, 6.07) is 3.50. The molecule has 0 amide bonds. The molecule has 2 aromatic rings. The van der Waals surface area contributed by atoms with Crippen molar-refractivity contribution in [1.29, 1.82) is 0 Å². The summed E-state index contributed by atoms with van der Waals surface area (Å²) in [5.74, 6) is 1.41. The summed E-state index contributed by atoms with van der Waals surface area (Å²) in [5, 5.41) is 14.1. The highest BCUT2D eigenvalue weighted by Gasteiger charge is 2.54. The number of sulfonamides is 1. The first-order valence-electron chi connectivity index (χ1n) is 10.0. The van der Waals surface area contributed by atoms with E-state index >= 15 is 0 Å². The van der Waals surface area contributed by atoms with E-state index in [0.29, 0.717) is 29.0 Å². The van der Waals surface area contributed by atoms with Gasteiger partial charge in [0.15, 0.2) is 0 Å². The predicted octanol–water partition coefficient (Wildman–Crippen LogP) is 2.59. The number of likely N-dealkylation sites (tertiary alicyclic amines) is 1. The standard InChI is InChI=1S/C20H29N3O4S2/c1-13(2)7-22-8-16-9-23(11-20(16,10-22)12-24)29(25,26)18-6-5-17(28-18)19-14(3)21-27-15(19)4/h5-6,13,16,24H,7-12H2,1-4H3. The maximum atomic E-state index is 13.3. The van der Waals surface area contributed by atoms with Crippen molar-refractivity contribution in [2.24, 2.45) is 17.3 Å². The lowest BCUT2D eigenvalue weighted by molar-refractivity contribution is 0.118. The predicted molar refractivity (Wildman–Crippen MR) is 112 cm³/mol. The van der Waals surface area contributed by atoms with Gasteiger partial charge in [-0.15, -0.1) is 11.3 Å². The molecule has 4 heterocycles. The van der Waals surface area contributed by atoms with Crippen LogP contribution in [0.5, 0.6) is 0 Å². The highest BCUT2D eigenvalue weighted by Crippen LogP contribution is 2.45. The van der Waals surface area contributed by atoms with Crippen molar-refractivity contribution < 1.29 is 18.0 Å². The summed E-state index contributed by atoms with van der Waals surface area (Å²) in [5.41, 5.74) is 1.27. The average molecular weight is 440 g/mol. The third-order valence-electron chi connectivity index (χ3n) is 6.19. The van der Waals surface area contributed by atoms with E-state index in [2.05, 4.69) is 23.9 Å². The van der Waals surface area contributed by atoms with Crippen LogP contribution in [0.3, 0.4) is 0 Å². The Bertz CT molecular complexity index is 978. The van der Waals surface area contributed by atoms with E-state index in [1.165, 1.54) is 11.3 Å². The Labute approximate surface area is 176 Å². The van der Waals surface area contributed by atoms with Gasteiger partial charge in [0, 0.05) is 43.0 Å². The lowest BCUT2D eigenvalue weighted by Crippen LogP contribution is -2.39. The van der Waals surface area contributed by atoms with Gasteiger partial charge in [-0.3, -0.25) is 0 Å². The third-order valence-corrected chi connectivity index (χ3v) is 9.57. The van der Waals surface area contributed by atoms with E-state index < -0.39 is 10.0 Å². The smallest absolute Gasteiger partial charge is 0.252 e. The Morgan fingerprint density at radius 2 is 2.07 bits per heavy atom. The van der Waals surface area contributed by atoms with Gasteiger partial charge in [-0.1, -0.05) is 19.0 Å². The number of aliphatic hydroxyl groups excluding tert-OH is 1. The number of nitrogens with zero attached hydrogens (tertiary/aromatic N) is 3. The minimum atomic E-state index is -3.59. The number of aryl methyl sites for hydroxylation is 2. The maximum Gasteiger partial charge on any atom is 0.252 e. The molecule has 2 aliphatic heterocycles. The molecule has 0 radical (unpaired) electrons. The van der Waals surface area contributed by atoms with Gasteiger partial charge in [0.25, 0.3) is 10.0 Å². The van der Waals surface area contributed by atoms with E-state index in [9.17, 15) is 13.5 Å². The zero-order chi connectivity index (χ0) is 21.0. The number of hydrogen-bond acceptors (Lipinski definition) is 7. The van der Waals surface area contributed by atoms with Crippen LogP contribution in [0.1, 0.15) is 25.3 Å². The SMILES string of the molecule is Cc1noc(C)c1-c1ccc(S(=O)(=O)N2CC3CN(CC(C)C)CC3(CO)C2)s1. The van der Waals surface area contributed by atoms with E-state index in [1.807, 2.05) is 19.9 Å². The molecule has 0 spiro atoms. The number of thiophene rings is 1. The van der Waals surface area contributed by atoms with Crippen LogP contribution in [0.4, 0.5) is 0 Å². The first-order chi connectivity index (χ1) is 13.7. The normalized spacial score (nSPS) is 25.9. The van der Waals surface area contributed by atoms with Gasteiger partial charge in [-0.2, -0.15) is 4.31 Å². The maximum absolute atomic E-state index is 13.3. The van der Waals surface area contributed by atoms with E-state index in [4.69, 9.17) is 4.52 Å². The Morgan fingerprint density at radius 1 is 1.31 bits per heavy atom. The Morgan fingerprint density at radius 3 is 2.66 bits per heavy atom. The second-order valence-electron chi connectivity index (χ2n) is 8.92. The van der Waals surface area contributed by atoms with Gasteiger partial charge in [0.2, 0.25) is 0 Å². The fourth-order valence-corrected chi connectivity index (χ4v) is 8.05. The first-order valence-corrected chi connectivity index (χ1v) is 12.3. The van der Waals surface area contributed by atoms with Crippen LogP contribution in [-0.4, -0.2) is 67.2 Å². The second-order valence-corrected chi connectivity index (χ2v) is 12.2. The van der Waals surface area contributed by atoms with E-state index in [1.54, 1.807) is 10.4 Å². The molecule has 4 rings (SSSR count). The number of hydrogen-bond donors (Lipinski definition) is 1. The summed E-state index contributed by atoms with van der Waals surface area (Å²) in [7, 11) is -3.59. The molecule has 0 aromatic carbocycles. The van der Waals surface area contributed by atoms with Crippen molar-refractivity contribution in [2.75, 3.05) is 39.3 Å². The second kappa shape index (κ2) is 7.46. The molecule has 2 atom stereocenters. The fourth-order valence-electron chi connectivity index (χ4n) is 4.86. The lowest BCUT2D eigenvalue weighted by atomic mass is 9.82. The summed E-state index contributed by atoms with van der Waals surface area (Å²) >= 11 is 1.25. The monoisotopic (exact) mass is 439 g/mol. The number of fused-ring (bicyclic) bond motifs is 1. The summed E-state index contributed by atoms with van der Waals surface area (Å²) < 4.78 is 33.8. The van der Waals surface area contributed by atoms with Crippen LogP contribution < -0.4 is 0 Å². The van der Waals surface area contributed by atoms with Gasteiger partial charge in [0.1, 0.15) is 9.97 Å². The zero-order valence-electron chi connectivity index (χ0n) is 17.4. The summed E-state index contributed by atoms with van der Waals surface area (Å²) in [6.45, 7) is 11.5. The van der Waals surface area contributed by atoms with Crippen molar-refractivity contribution in [2.45, 2.75) is 31.9 Å². The number of aromatic nitrogens is 1. The molecule has 0 bridgehead atoms. The number of aliphatic hydroxyl groups is 1. The van der Waals surface area contributed by atoms with Crippen LogP contribution in [-0.2, 0) is 10.0 Å². The molecule has 2 aliphatic rings. The number of rotatable bonds is 6. The Balaban J connectivity index is 1.56. The van der Waals surface area contributed by atoms with Crippen LogP contribution in [0.15, 0.2) is 20.9 Å². The quantitative estimate of drug-likeness (QED) is 0.745. The molecule has 160 valence electrons. The average Bonchev–Trinajstić information content (AvgIpc) is 3.37. The fraction of sp³-hybridized carbons (Fsp3) is 0.650. The molecule has 2 unspecified atom stereocenters. The van der Waals surface area contributed by atoms with Gasteiger partial charge in [-0.25, -0.2) is 8.42 Å². The zero-order valence-corrected chi connectivity index (χ0v) is 19.0. The third kappa shape index (κ3) is 3.57. The van der Waals surface area contributed by atoms with Gasteiger partial charge in [-0.05, 0) is 37.8 Å². The van der Waals surface area contributed by atoms with Gasteiger partial charge < -0.3 is 14.5 Å². The van der Waals surface area contributed by atoms with Crippen molar-refractivity contribution >= 4 is 21.4 Å². The van der Waals surface area contributed by atoms with Crippen molar-refractivity contribution in [3.8, 4) is 10.4 Å². The highest BCUT2D eigenvalue weighted by molar-refractivity contribution is 7.91. The topological polar surface area (TPSA) is 86.9 Å². The Kier molecular flexibility index (Phi) is 5.40. The molecule has 29 heavy (non-hydrogen) atoms. The molecular weight excluding hydrogens is 410 g/mol. The van der Waals surface area contributed by atoms with Crippen LogP contribution in [0, 0.1) is 31.1 Å². The van der Waals surface area contributed by atoms with Crippen molar-refractivity contribution in [3.63, 3.8) is 0 Å². The molecule has 7 nitrogen and oxygen atoms in total. The Hall–Kier alpha value is -1.26. The first kappa shape index (κ1) is 21.0. The van der Waals surface area contributed by atoms with Crippen LogP contribution in [0.25, 0.3) is 10.4 Å². The van der Waals surface area contributed by atoms with Crippen molar-refractivity contribution in [1.82, 2.24) is 14.4 Å². The van der Waals surface area contributed by atoms with Crippen molar-refractivity contribution in [3.05, 3.63) is 23.6 Å². The van der Waals surface area contributed by atoms with Crippen LogP contribution in [0.2, 0.25) is 0 Å². The molecule has 1 N–H and O–H groups in total. The van der Waals surface area contributed by atoms with E-state index in [-0.39, 0.29) is 17.9 Å². The molecule has 2 saturated heterocycles. The van der Waals surface area contributed by atoms with E-state index in [0.717, 1.165) is 35.8 Å². The molecule has 9 heteroatoms. The summed E-state index contributed by atoms with van der Waals surface area (Å²) in [4.78, 5) is 3.22. The minimum absolute atomic E-state index is 0.0209. The molecule has 2 aromatic heterocycles. The lowest BCUT2D eigenvalue weighted by Gasteiger charge is -2.27. The molecule has 0 saturated carbocycles. The largest absolute Gasteiger partial charge is 0.396 e. The minimum Gasteiger partial charge on any atom is -0.396 e. The highest BCUT2D eigenvalue weighted by atomic mass is 32.2. The molecular formula is C20H29N3O4S2. The summed E-state index contributed by atoms with van der Waals surface area (Å²) in [6.07, 6.45) is 0. The molecule has 2 fully saturated rings. The van der Waals surface area contributed by atoms with Gasteiger partial charge >= 0.3 is 0 Å². The van der Waals surface area contributed by atoms with Gasteiger partial charge in [0.05, 0.1) is 17.9 Å². The molecule has 0 aliphatic carbocycles.